The summed E-state index contributed by atoms with van der Waals surface area (Å²) in [6, 6.07) is 18.2. The first-order chi connectivity index (χ1) is 10.3. The van der Waals surface area contributed by atoms with Gasteiger partial charge in [0.25, 0.3) is 0 Å². The summed E-state index contributed by atoms with van der Waals surface area (Å²) in [5, 5.41) is 5.35. The van der Waals surface area contributed by atoms with Crippen LogP contribution in [0.15, 0.2) is 65.3 Å². The van der Waals surface area contributed by atoms with Crippen molar-refractivity contribution in [3.63, 3.8) is 0 Å². The van der Waals surface area contributed by atoms with Gasteiger partial charge in [-0.15, -0.1) is 0 Å². The van der Waals surface area contributed by atoms with Gasteiger partial charge in [-0.1, -0.05) is 36.4 Å². The van der Waals surface area contributed by atoms with Crippen LogP contribution in [0.4, 0.5) is 0 Å². The summed E-state index contributed by atoms with van der Waals surface area (Å²) >= 11 is 0. The second kappa shape index (κ2) is 6.27. The van der Waals surface area contributed by atoms with Gasteiger partial charge in [0, 0.05) is 19.4 Å². The quantitative estimate of drug-likeness (QED) is 0.774. The number of amides is 1. The van der Waals surface area contributed by atoms with Gasteiger partial charge in [0.05, 0.1) is 6.26 Å². The standard InChI is InChI=1S/C18H17NO2/c20-18(10-9-17-6-3-11-21-17)19-13-14-7-8-15-4-1-2-5-16(15)12-14/h1-8,11-12H,9-10,13H2,(H,19,20). The minimum Gasteiger partial charge on any atom is -0.469 e. The lowest BCUT2D eigenvalue weighted by molar-refractivity contribution is -0.121. The average molecular weight is 279 g/mol. The van der Waals surface area contributed by atoms with Crippen molar-refractivity contribution in [1.29, 1.82) is 0 Å². The molecule has 106 valence electrons. The van der Waals surface area contributed by atoms with Crippen LogP contribution >= 0.6 is 0 Å². The summed E-state index contributed by atoms with van der Waals surface area (Å²) in [5.74, 6) is 0.885. The van der Waals surface area contributed by atoms with Crippen LogP contribution in [0.5, 0.6) is 0 Å². The van der Waals surface area contributed by atoms with E-state index in [1.54, 1.807) is 6.26 Å². The third kappa shape index (κ3) is 3.51. The number of carbonyl (C=O) groups is 1. The molecule has 3 aromatic rings. The first kappa shape index (κ1) is 13.4. The largest absolute Gasteiger partial charge is 0.469 e. The smallest absolute Gasteiger partial charge is 0.220 e. The molecule has 0 radical (unpaired) electrons. The molecule has 0 saturated carbocycles. The van der Waals surface area contributed by atoms with E-state index in [9.17, 15) is 4.79 Å². The number of rotatable bonds is 5. The second-order valence-electron chi connectivity index (χ2n) is 5.04. The Bertz CT molecular complexity index is 732. The van der Waals surface area contributed by atoms with E-state index in [-0.39, 0.29) is 5.91 Å². The Morgan fingerprint density at radius 1 is 1.00 bits per heavy atom. The number of aryl methyl sites for hydroxylation is 1. The molecule has 3 nitrogen and oxygen atoms in total. The van der Waals surface area contributed by atoms with Crippen molar-refractivity contribution < 1.29 is 9.21 Å². The summed E-state index contributed by atoms with van der Waals surface area (Å²) < 4.78 is 5.21. The molecule has 0 spiro atoms. The number of furan rings is 1. The number of hydrogen-bond donors (Lipinski definition) is 1. The number of carbonyl (C=O) groups excluding carboxylic acids is 1. The maximum Gasteiger partial charge on any atom is 0.220 e. The number of fused-ring (bicyclic) bond motifs is 1. The Hall–Kier alpha value is -2.55. The zero-order valence-corrected chi connectivity index (χ0v) is 11.7. The van der Waals surface area contributed by atoms with E-state index in [1.807, 2.05) is 24.3 Å². The van der Waals surface area contributed by atoms with Crippen molar-refractivity contribution in [3.05, 3.63) is 72.2 Å². The van der Waals surface area contributed by atoms with E-state index >= 15 is 0 Å². The first-order valence-electron chi connectivity index (χ1n) is 7.08. The molecule has 3 heteroatoms. The minimum atomic E-state index is 0.0413. The van der Waals surface area contributed by atoms with E-state index in [4.69, 9.17) is 4.42 Å². The number of nitrogens with one attached hydrogen (secondary N) is 1. The summed E-state index contributed by atoms with van der Waals surface area (Å²) in [5.41, 5.74) is 1.11. The average Bonchev–Trinajstić information content (AvgIpc) is 3.04. The molecule has 1 heterocycles. The van der Waals surface area contributed by atoms with Crippen LogP contribution in [0, 0.1) is 0 Å². The van der Waals surface area contributed by atoms with Gasteiger partial charge >= 0.3 is 0 Å². The van der Waals surface area contributed by atoms with Gasteiger partial charge in [0.1, 0.15) is 5.76 Å². The second-order valence-corrected chi connectivity index (χ2v) is 5.04. The Kier molecular flexibility index (Phi) is 4.01. The Morgan fingerprint density at radius 2 is 1.86 bits per heavy atom. The molecule has 0 aliphatic heterocycles. The summed E-state index contributed by atoms with van der Waals surface area (Å²) in [6.45, 7) is 0.557. The highest BCUT2D eigenvalue weighted by Crippen LogP contribution is 2.15. The van der Waals surface area contributed by atoms with Crippen molar-refractivity contribution in [3.8, 4) is 0 Å². The number of benzene rings is 2. The molecular weight excluding hydrogens is 262 g/mol. The fourth-order valence-electron chi connectivity index (χ4n) is 2.33. The monoisotopic (exact) mass is 279 g/mol. The first-order valence-corrected chi connectivity index (χ1v) is 7.08. The molecule has 1 N–H and O–H groups in total. The fourth-order valence-corrected chi connectivity index (χ4v) is 2.33. The molecule has 0 fully saturated rings. The molecule has 0 atom stereocenters. The highest BCUT2D eigenvalue weighted by molar-refractivity contribution is 5.83. The lowest BCUT2D eigenvalue weighted by atomic mass is 10.1. The van der Waals surface area contributed by atoms with Gasteiger partial charge in [-0.2, -0.15) is 0 Å². The highest BCUT2D eigenvalue weighted by atomic mass is 16.3. The molecule has 1 aromatic heterocycles. The van der Waals surface area contributed by atoms with Gasteiger partial charge in [0.2, 0.25) is 5.91 Å². The van der Waals surface area contributed by atoms with Crippen molar-refractivity contribution in [1.82, 2.24) is 5.32 Å². The van der Waals surface area contributed by atoms with Gasteiger partial charge in [-0.05, 0) is 34.5 Å². The molecule has 0 aliphatic rings. The zero-order valence-electron chi connectivity index (χ0n) is 11.7. The molecule has 0 bridgehead atoms. The van der Waals surface area contributed by atoms with Crippen LogP contribution in [-0.2, 0) is 17.8 Å². The summed E-state index contributed by atoms with van der Waals surface area (Å²) in [6.07, 6.45) is 2.71. The lowest BCUT2D eigenvalue weighted by Crippen LogP contribution is -2.22. The van der Waals surface area contributed by atoms with Crippen LogP contribution in [-0.4, -0.2) is 5.91 Å². The van der Waals surface area contributed by atoms with Crippen molar-refractivity contribution >= 4 is 16.7 Å². The van der Waals surface area contributed by atoms with Gasteiger partial charge < -0.3 is 9.73 Å². The molecule has 0 aliphatic carbocycles. The van der Waals surface area contributed by atoms with Gasteiger partial charge in [-0.25, -0.2) is 0 Å². The highest BCUT2D eigenvalue weighted by Gasteiger charge is 2.04. The van der Waals surface area contributed by atoms with Gasteiger partial charge in [0.15, 0.2) is 0 Å². The minimum absolute atomic E-state index is 0.0413. The van der Waals surface area contributed by atoms with Crippen LogP contribution in [0.1, 0.15) is 17.7 Å². The Morgan fingerprint density at radius 3 is 2.67 bits per heavy atom. The van der Waals surface area contributed by atoms with Crippen LogP contribution in [0.3, 0.4) is 0 Å². The molecule has 21 heavy (non-hydrogen) atoms. The lowest BCUT2D eigenvalue weighted by Gasteiger charge is -2.06. The van der Waals surface area contributed by atoms with Crippen molar-refractivity contribution in [2.75, 3.05) is 0 Å². The normalized spacial score (nSPS) is 10.7. The third-order valence-corrected chi connectivity index (χ3v) is 3.48. The van der Waals surface area contributed by atoms with Crippen LogP contribution in [0.2, 0.25) is 0 Å². The van der Waals surface area contributed by atoms with E-state index in [2.05, 4.69) is 35.6 Å². The predicted octanol–water partition coefficient (Wildman–Crippen LogP) is 3.68. The molecule has 3 rings (SSSR count). The van der Waals surface area contributed by atoms with Crippen molar-refractivity contribution in [2.45, 2.75) is 19.4 Å². The maximum absolute atomic E-state index is 11.8. The van der Waals surface area contributed by atoms with E-state index in [0.29, 0.717) is 19.4 Å². The Balaban J connectivity index is 1.54. The van der Waals surface area contributed by atoms with Crippen LogP contribution in [0.25, 0.3) is 10.8 Å². The van der Waals surface area contributed by atoms with E-state index in [0.717, 1.165) is 11.3 Å². The third-order valence-electron chi connectivity index (χ3n) is 3.48. The molecular formula is C18H17NO2. The predicted molar refractivity (Wildman–Crippen MR) is 82.8 cm³/mol. The molecule has 1 amide bonds. The fraction of sp³-hybridized carbons (Fsp3) is 0.167. The number of hydrogen-bond acceptors (Lipinski definition) is 2. The maximum atomic E-state index is 11.8. The molecule has 0 unspecified atom stereocenters. The van der Waals surface area contributed by atoms with E-state index in [1.165, 1.54) is 10.8 Å². The summed E-state index contributed by atoms with van der Waals surface area (Å²) in [4.78, 5) is 11.8. The van der Waals surface area contributed by atoms with Gasteiger partial charge in [-0.3, -0.25) is 4.79 Å². The summed E-state index contributed by atoms with van der Waals surface area (Å²) in [7, 11) is 0. The SMILES string of the molecule is O=C(CCc1ccco1)NCc1ccc2ccccc2c1. The topological polar surface area (TPSA) is 42.2 Å². The van der Waals surface area contributed by atoms with E-state index < -0.39 is 0 Å². The van der Waals surface area contributed by atoms with Crippen molar-refractivity contribution in [2.24, 2.45) is 0 Å². The molecule has 2 aromatic carbocycles. The van der Waals surface area contributed by atoms with Crippen LogP contribution < -0.4 is 5.32 Å². The Labute approximate surface area is 123 Å². The zero-order chi connectivity index (χ0) is 14.5. The molecule has 0 saturated heterocycles.